The van der Waals surface area contributed by atoms with E-state index in [1.54, 1.807) is 0 Å². The molecule has 2 saturated heterocycles. The molecule has 2 rings (SSSR count). The van der Waals surface area contributed by atoms with Gasteiger partial charge in [0.15, 0.2) is 0 Å². The van der Waals surface area contributed by atoms with E-state index in [0.717, 1.165) is 37.9 Å². The minimum atomic E-state index is 0.197. The predicted octanol–water partition coefficient (Wildman–Crippen LogP) is 2.19. The second-order valence-corrected chi connectivity index (χ2v) is 5.60. The standard InChI is InChI=1S/C12H20BrNO2/c13-5-3-10-4-6-14(9-10)12(15)8-11-2-1-7-16-11/h10-11H,1-9H2. The van der Waals surface area contributed by atoms with Gasteiger partial charge in [-0.25, -0.2) is 0 Å². The van der Waals surface area contributed by atoms with Crippen LogP contribution in [0.3, 0.4) is 0 Å². The minimum absolute atomic E-state index is 0.197. The van der Waals surface area contributed by atoms with Crippen LogP contribution in [0.4, 0.5) is 0 Å². The van der Waals surface area contributed by atoms with Crippen molar-refractivity contribution in [3.05, 3.63) is 0 Å². The van der Waals surface area contributed by atoms with Crippen LogP contribution in [0, 0.1) is 5.92 Å². The third-order valence-electron chi connectivity index (χ3n) is 3.58. The number of hydrogen-bond acceptors (Lipinski definition) is 2. The van der Waals surface area contributed by atoms with Gasteiger partial charge in [-0.2, -0.15) is 0 Å². The van der Waals surface area contributed by atoms with Crippen molar-refractivity contribution < 1.29 is 9.53 Å². The molecule has 0 saturated carbocycles. The zero-order valence-corrected chi connectivity index (χ0v) is 11.2. The third kappa shape index (κ3) is 3.20. The molecule has 92 valence electrons. The maximum absolute atomic E-state index is 12.0. The fourth-order valence-electron chi connectivity index (χ4n) is 2.58. The molecular formula is C12H20BrNO2. The van der Waals surface area contributed by atoms with E-state index >= 15 is 0 Å². The van der Waals surface area contributed by atoms with Crippen molar-refractivity contribution in [2.24, 2.45) is 5.92 Å². The van der Waals surface area contributed by atoms with Crippen LogP contribution in [-0.2, 0) is 9.53 Å². The molecule has 3 nitrogen and oxygen atoms in total. The molecule has 2 unspecified atom stereocenters. The Balaban J connectivity index is 1.73. The zero-order chi connectivity index (χ0) is 11.4. The quantitative estimate of drug-likeness (QED) is 0.743. The van der Waals surface area contributed by atoms with Crippen molar-refractivity contribution in [3.8, 4) is 0 Å². The summed E-state index contributed by atoms with van der Waals surface area (Å²) < 4.78 is 5.50. The van der Waals surface area contributed by atoms with Gasteiger partial charge in [0.25, 0.3) is 0 Å². The first-order valence-corrected chi connectivity index (χ1v) is 7.37. The van der Waals surface area contributed by atoms with Crippen molar-refractivity contribution in [1.82, 2.24) is 4.90 Å². The van der Waals surface area contributed by atoms with Crippen LogP contribution in [-0.4, -0.2) is 41.9 Å². The van der Waals surface area contributed by atoms with Gasteiger partial charge in [0.1, 0.15) is 0 Å². The van der Waals surface area contributed by atoms with E-state index in [2.05, 4.69) is 15.9 Å². The molecule has 0 aromatic rings. The van der Waals surface area contributed by atoms with Crippen LogP contribution in [0.1, 0.15) is 32.1 Å². The topological polar surface area (TPSA) is 29.5 Å². The van der Waals surface area contributed by atoms with Crippen LogP contribution in [0.25, 0.3) is 0 Å². The first-order chi connectivity index (χ1) is 7.79. The second kappa shape index (κ2) is 6.01. The van der Waals surface area contributed by atoms with Gasteiger partial charge in [-0.3, -0.25) is 4.79 Å². The fraction of sp³-hybridized carbons (Fsp3) is 0.917. The van der Waals surface area contributed by atoms with Gasteiger partial charge in [0.05, 0.1) is 12.5 Å². The number of hydrogen-bond donors (Lipinski definition) is 0. The van der Waals surface area contributed by atoms with Crippen molar-refractivity contribution >= 4 is 21.8 Å². The summed E-state index contributed by atoms with van der Waals surface area (Å²) in [5, 5.41) is 1.05. The summed E-state index contributed by atoms with van der Waals surface area (Å²) in [5.74, 6) is 0.997. The molecule has 2 fully saturated rings. The van der Waals surface area contributed by atoms with Crippen LogP contribution >= 0.6 is 15.9 Å². The number of ether oxygens (including phenoxy) is 1. The summed E-state index contributed by atoms with van der Waals surface area (Å²) >= 11 is 3.46. The molecule has 1 amide bonds. The Bertz CT molecular complexity index is 241. The highest BCUT2D eigenvalue weighted by atomic mass is 79.9. The van der Waals surface area contributed by atoms with Gasteiger partial charge < -0.3 is 9.64 Å². The lowest BCUT2D eigenvalue weighted by Crippen LogP contribution is -2.31. The molecule has 2 heterocycles. The van der Waals surface area contributed by atoms with Crippen molar-refractivity contribution in [3.63, 3.8) is 0 Å². The van der Waals surface area contributed by atoms with Gasteiger partial charge in [-0.05, 0) is 31.6 Å². The number of halogens is 1. The number of carbonyl (C=O) groups is 1. The second-order valence-electron chi connectivity index (χ2n) is 4.81. The van der Waals surface area contributed by atoms with Crippen LogP contribution in [0.5, 0.6) is 0 Å². The molecule has 2 atom stereocenters. The molecule has 0 spiro atoms. The van der Waals surface area contributed by atoms with Gasteiger partial charge in [0, 0.05) is 25.0 Å². The predicted molar refractivity (Wildman–Crippen MR) is 66.7 cm³/mol. The summed E-state index contributed by atoms with van der Waals surface area (Å²) in [4.78, 5) is 14.0. The van der Waals surface area contributed by atoms with E-state index < -0.39 is 0 Å². The van der Waals surface area contributed by atoms with E-state index in [1.807, 2.05) is 4.90 Å². The zero-order valence-electron chi connectivity index (χ0n) is 9.66. The van der Waals surface area contributed by atoms with Gasteiger partial charge in [-0.15, -0.1) is 0 Å². The molecule has 0 aliphatic carbocycles. The highest BCUT2D eigenvalue weighted by Gasteiger charge is 2.28. The average molecular weight is 290 g/mol. The Hall–Kier alpha value is -0.0900. The summed E-state index contributed by atoms with van der Waals surface area (Å²) in [6.07, 6.45) is 5.32. The molecule has 0 radical (unpaired) electrons. The molecule has 0 aromatic heterocycles. The van der Waals surface area contributed by atoms with E-state index in [9.17, 15) is 4.79 Å². The minimum Gasteiger partial charge on any atom is -0.378 e. The SMILES string of the molecule is O=C(CC1CCCO1)N1CCC(CCBr)C1. The highest BCUT2D eigenvalue weighted by molar-refractivity contribution is 9.09. The van der Waals surface area contributed by atoms with E-state index in [-0.39, 0.29) is 6.10 Å². The van der Waals surface area contributed by atoms with E-state index in [1.165, 1.54) is 12.8 Å². The summed E-state index contributed by atoms with van der Waals surface area (Å²) in [6, 6.07) is 0. The monoisotopic (exact) mass is 289 g/mol. The van der Waals surface area contributed by atoms with E-state index in [4.69, 9.17) is 4.74 Å². The van der Waals surface area contributed by atoms with Crippen LogP contribution in [0.15, 0.2) is 0 Å². The van der Waals surface area contributed by atoms with Crippen LogP contribution in [0.2, 0.25) is 0 Å². The summed E-state index contributed by atoms with van der Waals surface area (Å²) in [6.45, 7) is 2.74. The summed E-state index contributed by atoms with van der Waals surface area (Å²) in [7, 11) is 0. The summed E-state index contributed by atoms with van der Waals surface area (Å²) in [5.41, 5.74) is 0. The normalized spacial score (nSPS) is 29.9. The Morgan fingerprint density at radius 3 is 3.00 bits per heavy atom. The smallest absolute Gasteiger partial charge is 0.225 e. The lowest BCUT2D eigenvalue weighted by molar-refractivity contribution is -0.132. The largest absolute Gasteiger partial charge is 0.378 e. The fourth-order valence-corrected chi connectivity index (χ4v) is 3.23. The van der Waals surface area contributed by atoms with Gasteiger partial charge >= 0.3 is 0 Å². The number of alkyl halides is 1. The lowest BCUT2D eigenvalue weighted by Gasteiger charge is -2.18. The number of amides is 1. The Labute approximate surface area is 106 Å². The maximum atomic E-state index is 12.0. The first kappa shape index (κ1) is 12.4. The maximum Gasteiger partial charge on any atom is 0.225 e. The Morgan fingerprint density at radius 2 is 2.31 bits per heavy atom. The molecule has 0 bridgehead atoms. The Morgan fingerprint density at radius 1 is 1.44 bits per heavy atom. The van der Waals surface area contributed by atoms with Crippen LogP contribution < -0.4 is 0 Å². The molecule has 16 heavy (non-hydrogen) atoms. The molecule has 0 N–H and O–H groups in total. The molecule has 0 aromatic carbocycles. The molecule has 2 aliphatic rings. The number of rotatable bonds is 4. The highest BCUT2D eigenvalue weighted by Crippen LogP contribution is 2.23. The molecule has 4 heteroatoms. The first-order valence-electron chi connectivity index (χ1n) is 6.25. The molecule has 2 aliphatic heterocycles. The van der Waals surface area contributed by atoms with Crippen molar-refractivity contribution in [2.75, 3.05) is 25.0 Å². The van der Waals surface area contributed by atoms with Crippen molar-refractivity contribution in [2.45, 2.75) is 38.2 Å². The number of nitrogens with zero attached hydrogens (tertiary/aromatic N) is 1. The van der Waals surface area contributed by atoms with Crippen molar-refractivity contribution in [1.29, 1.82) is 0 Å². The lowest BCUT2D eigenvalue weighted by atomic mass is 10.1. The Kier molecular flexibility index (Phi) is 4.65. The molecular weight excluding hydrogens is 270 g/mol. The number of carbonyl (C=O) groups excluding carboxylic acids is 1. The average Bonchev–Trinajstić information content (AvgIpc) is 2.89. The number of likely N-dealkylation sites (tertiary alicyclic amines) is 1. The van der Waals surface area contributed by atoms with Gasteiger partial charge in [-0.1, -0.05) is 15.9 Å². The third-order valence-corrected chi connectivity index (χ3v) is 4.04. The van der Waals surface area contributed by atoms with E-state index in [0.29, 0.717) is 18.2 Å². The van der Waals surface area contributed by atoms with Gasteiger partial charge in [0.2, 0.25) is 5.91 Å².